The molecular formula is C15H26N4. The van der Waals surface area contributed by atoms with Gasteiger partial charge in [0.25, 0.3) is 0 Å². The number of nitrogen functional groups attached to an aromatic ring is 1. The summed E-state index contributed by atoms with van der Waals surface area (Å²) in [6.07, 6.45) is 8.70. The van der Waals surface area contributed by atoms with Gasteiger partial charge in [-0.05, 0) is 50.3 Å². The fraction of sp³-hybridized carbons (Fsp3) is 0.667. The minimum Gasteiger partial charge on any atom is -0.308 e. The van der Waals surface area contributed by atoms with E-state index in [-0.39, 0.29) is 0 Å². The highest BCUT2D eigenvalue weighted by molar-refractivity contribution is 5.33. The van der Waals surface area contributed by atoms with Gasteiger partial charge in [-0.1, -0.05) is 19.4 Å². The Morgan fingerprint density at radius 1 is 1.32 bits per heavy atom. The number of hydrazine groups is 1. The lowest BCUT2D eigenvalue weighted by atomic mass is 9.84. The topological polar surface area (TPSA) is 54.2 Å². The van der Waals surface area contributed by atoms with Crippen molar-refractivity contribution in [1.82, 2.24) is 9.88 Å². The van der Waals surface area contributed by atoms with Crippen molar-refractivity contribution in [3.63, 3.8) is 0 Å². The van der Waals surface area contributed by atoms with Crippen molar-refractivity contribution in [2.24, 2.45) is 11.8 Å². The molecule has 0 aliphatic heterocycles. The lowest BCUT2D eigenvalue weighted by Gasteiger charge is -2.34. The summed E-state index contributed by atoms with van der Waals surface area (Å²) >= 11 is 0. The van der Waals surface area contributed by atoms with E-state index in [1.165, 1.54) is 37.7 Å². The van der Waals surface area contributed by atoms with Crippen LogP contribution in [0.1, 0.15) is 44.6 Å². The van der Waals surface area contributed by atoms with Gasteiger partial charge in [0.2, 0.25) is 0 Å². The number of hydrogen-bond donors (Lipinski definition) is 2. The third-order valence-corrected chi connectivity index (χ3v) is 4.42. The molecule has 1 aliphatic carbocycles. The first-order chi connectivity index (χ1) is 9.22. The summed E-state index contributed by atoms with van der Waals surface area (Å²) in [4.78, 5) is 6.73. The first-order valence-corrected chi connectivity index (χ1v) is 7.34. The first kappa shape index (κ1) is 14.3. The molecule has 0 atom stereocenters. The molecule has 3 N–H and O–H groups in total. The molecule has 0 spiro atoms. The summed E-state index contributed by atoms with van der Waals surface area (Å²) in [6, 6.07) is 4.75. The average Bonchev–Trinajstić information content (AvgIpc) is 2.48. The van der Waals surface area contributed by atoms with Crippen LogP contribution < -0.4 is 11.3 Å². The zero-order valence-electron chi connectivity index (χ0n) is 12.1. The van der Waals surface area contributed by atoms with E-state index >= 15 is 0 Å². The molecule has 1 heterocycles. The van der Waals surface area contributed by atoms with Crippen molar-refractivity contribution in [3.05, 3.63) is 23.9 Å². The second kappa shape index (κ2) is 6.87. The number of rotatable bonds is 5. The summed E-state index contributed by atoms with van der Waals surface area (Å²) in [5.41, 5.74) is 3.81. The van der Waals surface area contributed by atoms with Crippen LogP contribution in [-0.2, 0) is 6.54 Å². The highest BCUT2D eigenvalue weighted by atomic mass is 15.2. The molecule has 1 saturated carbocycles. The van der Waals surface area contributed by atoms with Gasteiger partial charge in [0.1, 0.15) is 5.82 Å². The summed E-state index contributed by atoms with van der Waals surface area (Å²) < 4.78 is 0. The number of nitrogens with zero attached hydrogens (tertiary/aromatic N) is 2. The molecule has 0 saturated heterocycles. The molecule has 0 bridgehead atoms. The number of nitrogens with two attached hydrogens (primary N) is 1. The molecular weight excluding hydrogens is 236 g/mol. The van der Waals surface area contributed by atoms with E-state index in [2.05, 4.69) is 35.3 Å². The quantitative estimate of drug-likeness (QED) is 0.633. The predicted molar refractivity (Wildman–Crippen MR) is 79.6 cm³/mol. The maximum Gasteiger partial charge on any atom is 0.139 e. The molecule has 19 heavy (non-hydrogen) atoms. The lowest BCUT2D eigenvalue weighted by Crippen LogP contribution is -2.34. The van der Waals surface area contributed by atoms with Gasteiger partial charge in [0.15, 0.2) is 0 Å². The van der Waals surface area contributed by atoms with Crippen molar-refractivity contribution in [1.29, 1.82) is 0 Å². The maximum atomic E-state index is 5.32. The normalized spacial score (nSPS) is 23.6. The Kier molecular flexibility index (Phi) is 5.16. The highest BCUT2D eigenvalue weighted by Crippen LogP contribution is 2.29. The molecule has 0 unspecified atom stereocenters. The van der Waals surface area contributed by atoms with E-state index in [1.807, 2.05) is 12.3 Å². The number of aromatic nitrogens is 1. The van der Waals surface area contributed by atoms with E-state index in [0.29, 0.717) is 0 Å². The Morgan fingerprint density at radius 2 is 2.05 bits per heavy atom. The summed E-state index contributed by atoms with van der Waals surface area (Å²) in [5, 5.41) is 0. The number of pyridine rings is 1. The predicted octanol–water partition coefficient (Wildman–Crippen LogP) is 2.77. The van der Waals surface area contributed by atoms with Crippen LogP contribution in [0, 0.1) is 5.92 Å². The maximum absolute atomic E-state index is 5.32. The third-order valence-electron chi connectivity index (χ3n) is 4.42. The molecule has 1 fully saturated rings. The van der Waals surface area contributed by atoms with Crippen LogP contribution in [-0.4, -0.2) is 23.0 Å². The fourth-order valence-corrected chi connectivity index (χ4v) is 3.01. The van der Waals surface area contributed by atoms with E-state index in [9.17, 15) is 0 Å². The van der Waals surface area contributed by atoms with Gasteiger partial charge >= 0.3 is 0 Å². The zero-order valence-corrected chi connectivity index (χ0v) is 12.1. The Balaban J connectivity index is 1.84. The van der Waals surface area contributed by atoms with Crippen molar-refractivity contribution in [3.8, 4) is 0 Å². The molecule has 106 valence electrons. The van der Waals surface area contributed by atoms with Crippen molar-refractivity contribution in [2.45, 2.75) is 51.6 Å². The van der Waals surface area contributed by atoms with Crippen molar-refractivity contribution >= 4 is 5.82 Å². The molecule has 1 aromatic heterocycles. The smallest absolute Gasteiger partial charge is 0.139 e. The van der Waals surface area contributed by atoms with Gasteiger partial charge in [0.05, 0.1) is 0 Å². The number of nitrogens with one attached hydrogen (secondary N) is 1. The summed E-state index contributed by atoms with van der Waals surface area (Å²) in [7, 11) is 2.23. The van der Waals surface area contributed by atoms with Gasteiger partial charge in [0, 0.05) is 18.8 Å². The van der Waals surface area contributed by atoms with Crippen molar-refractivity contribution < 1.29 is 0 Å². The molecule has 4 heteroatoms. The minimum atomic E-state index is 0.717. The number of hydrogen-bond acceptors (Lipinski definition) is 4. The van der Waals surface area contributed by atoms with Crippen LogP contribution in [0.15, 0.2) is 18.3 Å². The highest BCUT2D eigenvalue weighted by Gasteiger charge is 2.22. The molecule has 1 aliphatic rings. The second-order valence-corrected chi connectivity index (χ2v) is 5.69. The van der Waals surface area contributed by atoms with Crippen molar-refractivity contribution in [2.75, 3.05) is 12.5 Å². The Morgan fingerprint density at radius 3 is 2.58 bits per heavy atom. The summed E-state index contributed by atoms with van der Waals surface area (Å²) in [6.45, 7) is 3.28. The van der Waals surface area contributed by atoms with E-state index in [1.54, 1.807) is 0 Å². The minimum absolute atomic E-state index is 0.717. The van der Waals surface area contributed by atoms with Gasteiger partial charge in [-0.15, -0.1) is 0 Å². The standard InChI is InChI=1S/C15H26N4/c1-3-12-4-7-14(8-5-12)19(2)11-13-6-9-15(18-16)17-10-13/h6,9-10,12,14H,3-5,7-8,11,16H2,1-2H3,(H,17,18). The van der Waals surface area contributed by atoms with Crippen LogP contribution in [0.5, 0.6) is 0 Å². The molecule has 4 nitrogen and oxygen atoms in total. The molecule has 0 aromatic carbocycles. The van der Waals surface area contributed by atoms with E-state index in [4.69, 9.17) is 5.84 Å². The Bertz CT molecular complexity index is 368. The first-order valence-electron chi connectivity index (χ1n) is 7.34. The van der Waals surface area contributed by atoms with Gasteiger partial charge in [-0.25, -0.2) is 10.8 Å². The zero-order chi connectivity index (χ0) is 13.7. The summed E-state index contributed by atoms with van der Waals surface area (Å²) in [5.74, 6) is 7.00. The van der Waals surface area contributed by atoms with Gasteiger partial charge in [-0.2, -0.15) is 0 Å². The van der Waals surface area contributed by atoms with E-state index < -0.39 is 0 Å². The van der Waals surface area contributed by atoms with E-state index in [0.717, 1.165) is 24.3 Å². The molecule has 0 amide bonds. The Labute approximate surface area is 116 Å². The SMILES string of the molecule is CCC1CCC(N(C)Cc2ccc(NN)nc2)CC1. The van der Waals surface area contributed by atoms with Crippen LogP contribution in [0.2, 0.25) is 0 Å². The number of anilines is 1. The average molecular weight is 262 g/mol. The van der Waals surface area contributed by atoms with Gasteiger partial charge < -0.3 is 5.43 Å². The van der Waals surface area contributed by atoms with Crippen LogP contribution in [0.4, 0.5) is 5.82 Å². The largest absolute Gasteiger partial charge is 0.308 e. The van der Waals surface area contributed by atoms with Crippen LogP contribution in [0.25, 0.3) is 0 Å². The molecule has 1 aromatic rings. The fourth-order valence-electron chi connectivity index (χ4n) is 3.01. The van der Waals surface area contributed by atoms with Crippen LogP contribution >= 0.6 is 0 Å². The third kappa shape index (κ3) is 3.91. The molecule has 2 rings (SSSR count). The van der Waals surface area contributed by atoms with Gasteiger partial charge in [-0.3, -0.25) is 4.90 Å². The monoisotopic (exact) mass is 262 g/mol. The lowest BCUT2D eigenvalue weighted by molar-refractivity contribution is 0.157. The van der Waals surface area contributed by atoms with Crippen LogP contribution in [0.3, 0.4) is 0 Å². The Hall–Kier alpha value is -1.13. The molecule has 0 radical (unpaired) electrons. The second-order valence-electron chi connectivity index (χ2n) is 5.69.